The van der Waals surface area contributed by atoms with Crippen LogP contribution in [0.2, 0.25) is 0 Å². The number of likely N-dealkylation sites (tertiary alicyclic amines) is 1. The van der Waals surface area contributed by atoms with Gasteiger partial charge in [-0.25, -0.2) is 0 Å². The fraction of sp³-hybridized carbons (Fsp3) is 0.929. The number of nitrogens with zero attached hydrogens (tertiary/aromatic N) is 1. The molecule has 2 rings (SSSR count). The van der Waals surface area contributed by atoms with Crippen LogP contribution in [-0.4, -0.2) is 41.0 Å². The van der Waals surface area contributed by atoms with Crippen molar-refractivity contribution in [1.82, 2.24) is 10.2 Å². The molecule has 0 spiro atoms. The number of amides is 1. The smallest absolute Gasteiger partial charge is 0.237 e. The molecule has 1 saturated carbocycles. The summed E-state index contributed by atoms with van der Waals surface area (Å²) in [6, 6.07) is 1.32. The summed E-state index contributed by atoms with van der Waals surface area (Å²) in [7, 11) is 0. The van der Waals surface area contributed by atoms with Crippen molar-refractivity contribution in [2.24, 2.45) is 5.73 Å². The van der Waals surface area contributed by atoms with E-state index < -0.39 is 0 Å². The predicted octanol–water partition coefficient (Wildman–Crippen LogP) is 1.24. The second-order valence-electron chi connectivity index (χ2n) is 6.11. The molecule has 5 atom stereocenters. The van der Waals surface area contributed by atoms with Crippen LogP contribution in [0.15, 0.2) is 0 Å². The summed E-state index contributed by atoms with van der Waals surface area (Å²) < 4.78 is 0. The molecule has 0 bridgehead atoms. The Kier molecular flexibility index (Phi) is 4.28. The number of carbonyl (C=O) groups is 1. The summed E-state index contributed by atoms with van der Waals surface area (Å²) in [5.74, 6) is 0.151. The van der Waals surface area contributed by atoms with Crippen LogP contribution in [0.25, 0.3) is 0 Å². The van der Waals surface area contributed by atoms with Gasteiger partial charge in [-0.2, -0.15) is 0 Å². The Labute approximate surface area is 110 Å². The lowest BCUT2D eigenvalue weighted by atomic mass is 10.1. The summed E-state index contributed by atoms with van der Waals surface area (Å²) in [5.41, 5.74) is 6.01. The van der Waals surface area contributed by atoms with E-state index >= 15 is 0 Å². The minimum absolute atomic E-state index is 0.0368. The van der Waals surface area contributed by atoms with Crippen molar-refractivity contribution in [3.8, 4) is 0 Å². The molecule has 2 aliphatic rings. The maximum atomic E-state index is 12.3. The Hall–Kier alpha value is -0.610. The normalized spacial score (nSPS) is 38.9. The molecule has 104 valence electrons. The lowest BCUT2D eigenvalue weighted by Gasteiger charge is -2.32. The van der Waals surface area contributed by atoms with E-state index in [0.717, 1.165) is 19.3 Å². The van der Waals surface area contributed by atoms with E-state index in [1.54, 1.807) is 0 Å². The number of hydrogen-bond acceptors (Lipinski definition) is 3. The van der Waals surface area contributed by atoms with Crippen LogP contribution >= 0.6 is 0 Å². The molecule has 2 fully saturated rings. The standard InChI is InChI=1S/C14H27N3O/c1-9-7-8-10(2)17(9)11(3)14(18)16-13-6-4-5-12(13)15/h9-13H,4-8,15H2,1-3H3,(H,16,18). The average molecular weight is 253 g/mol. The van der Waals surface area contributed by atoms with Gasteiger partial charge < -0.3 is 11.1 Å². The van der Waals surface area contributed by atoms with Gasteiger partial charge in [0.05, 0.1) is 6.04 Å². The first kappa shape index (κ1) is 13.8. The molecule has 0 aromatic rings. The van der Waals surface area contributed by atoms with Gasteiger partial charge >= 0.3 is 0 Å². The van der Waals surface area contributed by atoms with E-state index in [2.05, 4.69) is 24.1 Å². The minimum atomic E-state index is -0.0368. The highest BCUT2D eigenvalue weighted by Gasteiger charge is 2.35. The summed E-state index contributed by atoms with van der Waals surface area (Å²) in [6.07, 6.45) is 5.60. The second-order valence-corrected chi connectivity index (χ2v) is 6.11. The second kappa shape index (κ2) is 5.57. The zero-order chi connectivity index (χ0) is 13.3. The highest BCUT2D eigenvalue weighted by atomic mass is 16.2. The van der Waals surface area contributed by atoms with Crippen molar-refractivity contribution in [2.45, 2.75) is 83.1 Å². The van der Waals surface area contributed by atoms with Gasteiger partial charge in [0.1, 0.15) is 0 Å². The third-order valence-electron chi connectivity index (χ3n) is 4.74. The summed E-state index contributed by atoms with van der Waals surface area (Å²) in [5, 5.41) is 3.14. The molecular formula is C14H27N3O. The van der Waals surface area contributed by atoms with Crippen molar-refractivity contribution in [3.05, 3.63) is 0 Å². The molecule has 1 aliphatic heterocycles. The molecular weight excluding hydrogens is 226 g/mol. The number of nitrogens with two attached hydrogens (primary N) is 1. The Balaban J connectivity index is 1.92. The van der Waals surface area contributed by atoms with Gasteiger partial charge in [0.15, 0.2) is 0 Å². The average Bonchev–Trinajstić information content (AvgIpc) is 2.86. The first-order chi connectivity index (χ1) is 8.50. The molecule has 4 nitrogen and oxygen atoms in total. The van der Waals surface area contributed by atoms with Gasteiger partial charge in [0.2, 0.25) is 5.91 Å². The topological polar surface area (TPSA) is 58.4 Å². The molecule has 1 amide bonds. The Bertz CT molecular complexity index is 297. The third kappa shape index (κ3) is 2.69. The number of rotatable bonds is 3. The summed E-state index contributed by atoms with van der Waals surface area (Å²) >= 11 is 0. The highest BCUT2D eigenvalue weighted by Crippen LogP contribution is 2.26. The van der Waals surface area contributed by atoms with E-state index in [1.807, 2.05) is 6.92 Å². The van der Waals surface area contributed by atoms with Gasteiger partial charge in [-0.1, -0.05) is 0 Å². The molecule has 0 aromatic heterocycles. The van der Waals surface area contributed by atoms with Crippen LogP contribution < -0.4 is 11.1 Å². The lowest BCUT2D eigenvalue weighted by molar-refractivity contribution is -0.127. The molecule has 0 radical (unpaired) electrons. The first-order valence-electron chi connectivity index (χ1n) is 7.34. The molecule has 3 N–H and O–H groups in total. The quantitative estimate of drug-likeness (QED) is 0.795. The van der Waals surface area contributed by atoms with Crippen molar-refractivity contribution in [1.29, 1.82) is 0 Å². The zero-order valence-electron chi connectivity index (χ0n) is 11.9. The number of carbonyl (C=O) groups excluding carboxylic acids is 1. The van der Waals surface area contributed by atoms with Crippen LogP contribution in [0.1, 0.15) is 52.9 Å². The van der Waals surface area contributed by atoms with Crippen LogP contribution in [0.4, 0.5) is 0 Å². The predicted molar refractivity (Wildman–Crippen MR) is 73.2 cm³/mol. The van der Waals surface area contributed by atoms with E-state index in [-0.39, 0.29) is 24.0 Å². The van der Waals surface area contributed by atoms with Crippen LogP contribution in [0.5, 0.6) is 0 Å². The van der Waals surface area contributed by atoms with E-state index in [0.29, 0.717) is 12.1 Å². The molecule has 1 aliphatic carbocycles. The van der Waals surface area contributed by atoms with Crippen molar-refractivity contribution >= 4 is 5.91 Å². The zero-order valence-corrected chi connectivity index (χ0v) is 11.9. The van der Waals surface area contributed by atoms with E-state index in [1.165, 1.54) is 12.8 Å². The van der Waals surface area contributed by atoms with Gasteiger partial charge in [-0.05, 0) is 52.9 Å². The lowest BCUT2D eigenvalue weighted by Crippen LogP contribution is -2.53. The minimum Gasteiger partial charge on any atom is -0.350 e. The molecule has 1 heterocycles. The molecule has 18 heavy (non-hydrogen) atoms. The van der Waals surface area contributed by atoms with Crippen molar-refractivity contribution < 1.29 is 4.79 Å². The van der Waals surface area contributed by atoms with Crippen LogP contribution in [-0.2, 0) is 4.79 Å². The Morgan fingerprint density at radius 1 is 1.22 bits per heavy atom. The maximum absolute atomic E-state index is 12.3. The summed E-state index contributed by atoms with van der Waals surface area (Å²) in [4.78, 5) is 14.7. The third-order valence-corrected chi connectivity index (χ3v) is 4.74. The van der Waals surface area contributed by atoms with Crippen molar-refractivity contribution in [2.75, 3.05) is 0 Å². The van der Waals surface area contributed by atoms with Crippen molar-refractivity contribution in [3.63, 3.8) is 0 Å². The fourth-order valence-corrected chi connectivity index (χ4v) is 3.59. The van der Waals surface area contributed by atoms with Gasteiger partial charge in [0.25, 0.3) is 0 Å². The summed E-state index contributed by atoms with van der Waals surface area (Å²) in [6.45, 7) is 6.46. The molecule has 4 heteroatoms. The largest absolute Gasteiger partial charge is 0.350 e. The van der Waals surface area contributed by atoms with Gasteiger partial charge in [0, 0.05) is 24.2 Å². The maximum Gasteiger partial charge on any atom is 0.237 e. The van der Waals surface area contributed by atoms with E-state index in [9.17, 15) is 4.79 Å². The molecule has 5 unspecified atom stereocenters. The van der Waals surface area contributed by atoms with Crippen LogP contribution in [0.3, 0.4) is 0 Å². The fourth-order valence-electron chi connectivity index (χ4n) is 3.59. The highest BCUT2D eigenvalue weighted by molar-refractivity contribution is 5.81. The SMILES string of the molecule is CC1CCC(C)N1C(C)C(=O)NC1CCCC1N. The van der Waals surface area contributed by atoms with Gasteiger partial charge in [-0.15, -0.1) is 0 Å². The van der Waals surface area contributed by atoms with Crippen LogP contribution in [0, 0.1) is 0 Å². The van der Waals surface area contributed by atoms with Gasteiger partial charge in [-0.3, -0.25) is 9.69 Å². The number of hydrogen-bond donors (Lipinski definition) is 2. The monoisotopic (exact) mass is 253 g/mol. The molecule has 0 aromatic carbocycles. The van der Waals surface area contributed by atoms with E-state index in [4.69, 9.17) is 5.73 Å². The Morgan fingerprint density at radius 2 is 1.83 bits per heavy atom. The molecule has 1 saturated heterocycles. The Morgan fingerprint density at radius 3 is 2.33 bits per heavy atom. The number of nitrogens with one attached hydrogen (secondary N) is 1. The first-order valence-corrected chi connectivity index (χ1v) is 7.34.